The summed E-state index contributed by atoms with van der Waals surface area (Å²) in [6, 6.07) is 18.9. The maximum absolute atomic E-state index is 13.6. The van der Waals surface area contributed by atoms with E-state index in [1.807, 2.05) is 49.4 Å². The Labute approximate surface area is 188 Å². The van der Waals surface area contributed by atoms with Gasteiger partial charge < -0.3 is 9.47 Å². The molecule has 2 heterocycles. The van der Waals surface area contributed by atoms with E-state index >= 15 is 0 Å². The first-order chi connectivity index (χ1) is 15.1. The van der Waals surface area contributed by atoms with Crippen molar-refractivity contribution in [1.82, 2.24) is 4.98 Å². The molecule has 0 unspecified atom stereocenters. The van der Waals surface area contributed by atoms with E-state index in [9.17, 15) is 4.79 Å². The first-order valence-corrected chi connectivity index (χ1v) is 11.1. The van der Waals surface area contributed by atoms with Crippen molar-refractivity contribution >= 4 is 44.2 Å². The summed E-state index contributed by atoms with van der Waals surface area (Å²) in [5.74, 6) is 1.09. The standard InChI is InChI=1S/C24H19ClN2O3S/c1-15-11-18(25)13-21-22(15)26-24(31-21)27(14-16-5-3-2-4-6-16)23(28)17-7-8-19-20(12-17)30-10-9-29-19/h2-8,11-13H,9-10,14H2,1H3. The maximum atomic E-state index is 13.6. The highest BCUT2D eigenvalue weighted by atomic mass is 35.5. The lowest BCUT2D eigenvalue weighted by Crippen LogP contribution is -2.30. The zero-order chi connectivity index (χ0) is 21.4. The van der Waals surface area contributed by atoms with Gasteiger partial charge in [-0.1, -0.05) is 53.3 Å². The lowest BCUT2D eigenvalue weighted by Gasteiger charge is -2.22. The number of nitrogens with zero attached hydrogens (tertiary/aromatic N) is 2. The molecule has 1 aliphatic rings. The Morgan fingerprint density at radius 2 is 1.84 bits per heavy atom. The Morgan fingerprint density at radius 3 is 2.65 bits per heavy atom. The Kier molecular flexibility index (Phi) is 5.26. The van der Waals surface area contributed by atoms with Gasteiger partial charge in [-0.05, 0) is 48.4 Å². The topological polar surface area (TPSA) is 51.7 Å². The van der Waals surface area contributed by atoms with Crippen LogP contribution in [0.3, 0.4) is 0 Å². The van der Waals surface area contributed by atoms with Gasteiger partial charge in [0, 0.05) is 10.6 Å². The van der Waals surface area contributed by atoms with Gasteiger partial charge >= 0.3 is 0 Å². The molecule has 7 heteroatoms. The number of carbonyl (C=O) groups is 1. The number of anilines is 1. The average molecular weight is 451 g/mol. The van der Waals surface area contributed by atoms with Crippen molar-refractivity contribution in [3.63, 3.8) is 0 Å². The van der Waals surface area contributed by atoms with Gasteiger partial charge in [0.2, 0.25) is 0 Å². The summed E-state index contributed by atoms with van der Waals surface area (Å²) in [5.41, 5.74) is 3.38. The van der Waals surface area contributed by atoms with Crippen LogP contribution in [0.4, 0.5) is 5.13 Å². The highest BCUT2D eigenvalue weighted by Crippen LogP contribution is 2.36. The smallest absolute Gasteiger partial charge is 0.260 e. The van der Waals surface area contributed by atoms with E-state index in [2.05, 4.69) is 0 Å². The first kappa shape index (κ1) is 19.8. The van der Waals surface area contributed by atoms with E-state index in [0.717, 1.165) is 21.3 Å². The van der Waals surface area contributed by atoms with Crippen molar-refractivity contribution in [3.05, 3.63) is 82.4 Å². The Bertz CT molecular complexity index is 1270. The van der Waals surface area contributed by atoms with E-state index in [4.69, 9.17) is 26.1 Å². The largest absolute Gasteiger partial charge is 0.486 e. The van der Waals surface area contributed by atoms with Crippen LogP contribution in [0.1, 0.15) is 21.5 Å². The van der Waals surface area contributed by atoms with Crippen molar-refractivity contribution in [2.75, 3.05) is 18.1 Å². The highest BCUT2D eigenvalue weighted by molar-refractivity contribution is 7.22. The molecule has 5 nitrogen and oxygen atoms in total. The number of amides is 1. The van der Waals surface area contributed by atoms with Gasteiger partial charge in [-0.3, -0.25) is 9.69 Å². The molecule has 0 saturated heterocycles. The van der Waals surface area contributed by atoms with E-state index < -0.39 is 0 Å². The maximum Gasteiger partial charge on any atom is 0.260 e. The molecule has 0 aliphatic carbocycles. The molecule has 156 valence electrons. The quantitative estimate of drug-likeness (QED) is 0.390. The van der Waals surface area contributed by atoms with Gasteiger partial charge in [0.15, 0.2) is 16.6 Å². The number of hydrogen-bond acceptors (Lipinski definition) is 5. The minimum atomic E-state index is -0.149. The molecule has 1 aromatic heterocycles. The average Bonchev–Trinajstić information content (AvgIpc) is 3.21. The minimum Gasteiger partial charge on any atom is -0.486 e. The number of aryl methyl sites for hydroxylation is 1. The number of halogens is 1. The number of aromatic nitrogens is 1. The fourth-order valence-electron chi connectivity index (χ4n) is 3.58. The van der Waals surface area contributed by atoms with Gasteiger partial charge in [0.05, 0.1) is 16.8 Å². The number of hydrogen-bond donors (Lipinski definition) is 0. The molecular weight excluding hydrogens is 432 g/mol. The fraction of sp³-hybridized carbons (Fsp3) is 0.167. The Balaban J connectivity index is 1.57. The van der Waals surface area contributed by atoms with Crippen molar-refractivity contribution in [2.24, 2.45) is 0 Å². The van der Waals surface area contributed by atoms with Crippen LogP contribution in [0.15, 0.2) is 60.7 Å². The third-order valence-electron chi connectivity index (χ3n) is 5.09. The van der Waals surface area contributed by atoms with Crippen molar-refractivity contribution in [2.45, 2.75) is 13.5 Å². The van der Waals surface area contributed by atoms with Crippen molar-refractivity contribution in [3.8, 4) is 11.5 Å². The first-order valence-electron chi connectivity index (χ1n) is 9.90. The van der Waals surface area contributed by atoms with Gasteiger partial charge in [-0.25, -0.2) is 4.98 Å². The summed E-state index contributed by atoms with van der Waals surface area (Å²) in [6.07, 6.45) is 0. The van der Waals surface area contributed by atoms with Gasteiger partial charge in [0.1, 0.15) is 13.2 Å². The van der Waals surface area contributed by atoms with Crippen molar-refractivity contribution in [1.29, 1.82) is 0 Å². The molecule has 5 rings (SSSR count). The molecule has 1 aliphatic heterocycles. The lowest BCUT2D eigenvalue weighted by molar-refractivity contribution is 0.0984. The van der Waals surface area contributed by atoms with Crippen molar-refractivity contribution < 1.29 is 14.3 Å². The number of thiazole rings is 1. The molecule has 0 spiro atoms. The molecule has 0 bridgehead atoms. The molecule has 0 atom stereocenters. The van der Waals surface area contributed by atoms with Crippen LogP contribution in [0.2, 0.25) is 5.02 Å². The predicted octanol–water partition coefficient (Wildman–Crippen LogP) is 5.88. The number of rotatable bonds is 4. The van der Waals surface area contributed by atoms with E-state index in [-0.39, 0.29) is 5.91 Å². The second-order valence-corrected chi connectivity index (χ2v) is 8.75. The summed E-state index contributed by atoms with van der Waals surface area (Å²) in [5, 5.41) is 1.29. The van der Waals surface area contributed by atoms with Crippen LogP contribution >= 0.6 is 22.9 Å². The van der Waals surface area contributed by atoms with Crippen LogP contribution in [0.5, 0.6) is 11.5 Å². The molecule has 0 fully saturated rings. The van der Waals surface area contributed by atoms with Crippen LogP contribution in [0, 0.1) is 6.92 Å². The third-order valence-corrected chi connectivity index (χ3v) is 6.33. The third kappa shape index (κ3) is 3.96. The van der Waals surface area contributed by atoms with E-state index in [0.29, 0.717) is 47.0 Å². The van der Waals surface area contributed by atoms with Gasteiger partial charge in [-0.15, -0.1) is 0 Å². The molecule has 0 saturated carbocycles. The normalized spacial score (nSPS) is 12.7. The van der Waals surface area contributed by atoms with Gasteiger partial charge in [0.25, 0.3) is 5.91 Å². The molecule has 3 aromatic carbocycles. The summed E-state index contributed by atoms with van der Waals surface area (Å²) in [4.78, 5) is 20.1. The van der Waals surface area contributed by atoms with Crippen LogP contribution in [0.25, 0.3) is 10.2 Å². The number of fused-ring (bicyclic) bond motifs is 2. The number of benzene rings is 3. The second kappa shape index (κ2) is 8.21. The molecular formula is C24H19ClN2O3S. The monoisotopic (exact) mass is 450 g/mol. The van der Waals surface area contributed by atoms with Gasteiger partial charge in [-0.2, -0.15) is 0 Å². The highest BCUT2D eigenvalue weighted by Gasteiger charge is 2.24. The summed E-state index contributed by atoms with van der Waals surface area (Å²) in [7, 11) is 0. The summed E-state index contributed by atoms with van der Waals surface area (Å²) >= 11 is 7.70. The zero-order valence-electron chi connectivity index (χ0n) is 16.8. The molecule has 31 heavy (non-hydrogen) atoms. The van der Waals surface area contributed by atoms with Crippen LogP contribution in [-0.4, -0.2) is 24.1 Å². The Morgan fingerprint density at radius 1 is 1.06 bits per heavy atom. The molecule has 1 amide bonds. The van der Waals surface area contributed by atoms with E-state index in [1.54, 1.807) is 23.1 Å². The fourth-order valence-corrected chi connectivity index (χ4v) is 5.00. The molecule has 0 N–H and O–H groups in total. The Hall–Kier alpha value is -3.09. The minimum absolute atomic E-state index is 0.149. The molecule has 0 radical (unpaired) electrons. The van der Waals surface area contributed by atoms with Crippen LogP contribution < -0.4 is 14.4 Å². The number of carbonyl (C=O) groups excluding carboxylic acids is 1. The summed E-state index contributed by atoms with van der Waals surface area (Å²) in [6.45, 7) is 3.35. The number of ether oxygens (including phenoxy) is 2. The molecule has 4 aromatic rings. The predicted molar refractivity (Wildman–Crippen MR) is 124 cm³/mol. The SMILES string of the molecule is Cc1cc(Cl)cc2sc(N(Cc3ccccc3)C(=O)c3ccc4c(c3)OCCO4)nc12. The zero-order valence-corrected chi connectivity index (χ0v) is 18.4. The summed E-state index contributed by atoms with van der Waals surface area (Å²) < 4.78 is 12.2. The van der Waals surface area contributed by atoms with E-state index in [1.165, 1.54) is 11.3 Å². The van der Waals surface area contributed by atoms with Crippen LogP contribution in [-0.2, 0) is 6.54 Å². The lowest BCUT2D eigenvalue weighted by atomic mass is 10.1. The second-order valence-electron chi connectivity index (χ2n) is 7.30.